The predicted molar refractivity (Wildman–Crippen MR) is 77.1 cm³/mol. The summed E-state index contributed by atoms with van der Waals surface area (Å²) in [4.78, 5) is 8.50. The molecule has 0 aliphatic heterocycles. The lowest BCUT2D eigenvalue weighted by atomic mass is 10.1. The molecule has 106 valence electrons. The molecule has 0 atom stereocenters. The Kier molecular flexibility index (Phi) is 4.53. The Morgan fingerprint density at radius 1 is 1.15 bits per heavy atom. The number of rotatable bonds is 5. The molecule has 0 unspecified atom stereocenters. The van der Waals surface area contributed by atoms with E-state index in [0.717, 1.165) is 17.8 Å². The highest BCUT2D eigenvalue weighted by atomic mass is 16.5. The van der Waals surface area contributed by atoms with Crippen molar-refractivity contribution in [2.24, 2.45) is 5.73 Å². The normalized spacial score (nSPS) is 10.4. The fourth-order valence-electron chi connectivity index (χ4n) is 1.87. The number of ether oxygens (including phenoxy) is 2. The molecule has 1 aromatic carbocycles. The predicted octanol–water partition coefficient (Wildman–Crippen LogP) is 2.61. The molecule has 5 nitrogen and oxygen atoms in total. The number of methoxy groups -OCH3 is 1. The highest BCUT2D eigenvalue weighted by molar-refractivity contribution is 5.44. The quantitative estimate of drug-likeness (QED) is 0.906. The third kappa shape index (κ3) is 3.24. The lowest BCUT2D eigenvalue weighted by molar-refractivity contribution is 0.366. The second-order valence-corrected chi connectivity index (χ2v) is 4.43. The lowest BCUT2D eigenvalue weighted by Gasteiger charge is -2.11. The van der Waals surface area contributed by atoms with Crippen LogP contribution in [0.5, 0.6) is 17.5 Å². The van der Waals surface area contributed by atoms with Crippen LogP contribution in [0.1, 0.15) is 23.9 Å². The molecule has 0 aliphatic carbocycles. The van der Waals surface area contributed by atoms with Crippen molar-refractivity contribution in [1.29, 1.82) is 0 Å². The van der Waals surface area contributed by atoms with Crippen molar-refractivity contribution in [2.45, 2.75) is 26.8 Å². The van der Waals surface area contributed by atoms with Gasteiger partial charge in [0.2, 0.25) is 0 Å². The Balaban J connectivity index is 2.31. The lowest BCUT2D eigenvalue weighted by Crippen LogP contribution is -2.04. The van der Waals surface area contributed by atoms with Crippen LogP contribution >= 0.6 is 0 Å². The van der Waals surface area contributed by atoms with E-state index in [4.69, 9.17) is 15.2 Å². The first-order chi connectivity index (χ1) is 9.66. The fraction of sp³-hybridized carbons (Fsp3) is 0.333. The molecule has 2 N–H and O–H groups in total. The van der Waals surface area contributed by atoms with Gasteiger partial charge in [-0.15, -0.1) is 0 Å². The molecule has 0 saturated carbocycles. The van der Waals surface area contributed by atoms with Gasteiger partial charge in [0.1, 0.15) is 0 Å². The molecule has 1 heterocycles. The van der Waals surface area contributed by atoms with Crippen LogP contribution < -0.4 is 15.2 Å². The van der Waals surface area contributed by atoms with Gasteiger partial charge in [-0.2, -0.15) is 4.98 Å². The maximum Gasteiger partial charge on any atom is 0.322 e. The summed E-state index contributed by atoms with van der Waals surface area (Å²) in [6, 6.07) is 7.94. The van der Waals surface area contributed by atoms with Crippen molar-refractivity contribution in [1.82, 2.24) is 9.97 Å². The van der Waals surface area contributed by atoms with Gasteiger partial charge in [-0.05, 0) is 37.1 Å². The summed E-state index contributed by atoms with van der Waals surface area (Å²) in [5.41, 5.74) is 8.35. The van der Waals surface area contributed by atoms with Gasteiger partial charge in [0.05, 0.1) is 12.8 Å². The van der Waals surface area contributed by atoms with Gasteiger partial charge in [0.25, 0.3) is 0 Å². The number of hydrogen-bond donors (Lipinski definition) is 1. The minimum absolute atomic E-state index is 0.285. The Bertz CT molecular complexity index is 600. The Morgan fingerprint density at radius 2 is 1.95 bits per heavy atom. The van der Waals surface area contributed by atoms with Crippen LogP contribution in [-0.4, -0.2) is 17.1 Å². The number of nitrogens with zero attached hydrogens (tertiary/aromatic N) is 2. The van der Waals surface area contributed by atoms with E-state index in [9.17, 15) is 0 Å². The molecule has 2 aromatic rings. The van der Waals surface area contributed by atoms with Crippen molar-refractivity contribution in [2.75, 3.05) is 7.11 Å². The summed E-state index contributed by atoms with van der Waals surface area (Å²) in [6.07, 6.45) is 0.939. The number of hydrogen-bond acceptors (Lipinski definition) is 5. The summed E-state index contributed by atoms with van der Waals surface area (Å²) in [7, 11) is 1.62. The fourth-order valence-corrected chi connectivity index (χ4v) is 1.87. The van der Waals surface area contributed by atoms with Gasteiger partial charge < -0.3 is 15.2 Å². The molecule has 0 amide bonds. The average molecular weight is 273 g/mol. The molecule has 20 heavy (non-hydrogen) atoms. The molecule has 2 rings (SSSR count). The molecule has 1 aromatic heterocycles. The molecular formula is C15H19N3O2. The van der Waals surface area contributed by atoms with Crippen molar-refractivity contribution >= 4 is 0 Å². The van der Waals surface area contributed by atoms with Gasteiger partial charge in [-0.25, -0.2) is 4.98 Å². The summed E-state index contributed by atoms with van der Waals surface area (Å²) in [5.74, 6) is 1.27. The largest absolute Gasteiger partial charge is 0.493 e. The van der Waals surface area contributed by atoms with E-state index in [-0.39, 0.29) is 6.01 Å². The minimum atomic E-state index is 0.285. The third-order valence-corrected chi connectivity index (χ3v) is 2.93. The van der Waals surface area contributed by atoms with E-state index in [1.807, 2.05) is 31.2 Å². The van der Waals surface area contributed by atoms with Crippen molar-refractivity contribution in [3.8, 4) is 17.5 Å². The highest BCUT2D eigenvalue weighted by Crippen LogP contribution is 2.31. The van der Waals surface area contributed by atoms with E-state index >= 15 is 0 Å². The standard InChI is InChI=1S/C15H19N3O2/c1-4-11-5-6-13(14(8-11)19-3)20-15-17-10(2)7-12(9-16)18-15/h5-8H,4,9,16H2,1-3H3. The SMILES string of the molecule is CCc1ccc(Oc2nc(C)cc(CN)n2)c(OC)c1. The molecule has 0 fully saturated rings. The molecular weight excluding hydrogens is 254 g/mol. The molecule has 0 spiro atoms. The van der Waals surface area contributed by atoms with E-state index in [0.29, 0.717) is 18.0 Å². The van der Waals surface area contributed by atoms with Gasteiger partial charge in [-0.3, -0.25) is 0 Å². The van der Waals surface area contributed by atoms with Crippen molar-refractivity contribution < 1.29 is 9.47 Å². The van der Waals surface area contributed by atoms with Crippen LogP contribution in [0.2, 0.25) is 0 Å². The van der Waals surface area contributed by atoms with E-state index in [1.165, 1.54) is 5.56 Å². The maximum atomic E-state index is 5.72. The van der Waals surface area contributed by atoms with Crippen LogP contribution in [0.15, 0.2) is 24.3 Å². The van der Waals surface area contributed by atoms with Crippen LogP contribution in [0.4, 0.5) is 0 Å². The topological polar surface area (TPSA) is 70.3 Å². The minimum Gasteiger partial charge on any atom is -0.493 e. The summed E-state index contributed by atoms with van der Waals surface area (Å²) >= 11 is 0. The molecule has 0 aliphatic rings. The average Bonchev–Trinajstić information content (AvgIpc) is 2.47. The summed E-state index contributed by atoms with van der Waals surface area (Å²) in [5, 5.41) is 0. The van der Waals surface area contributed by atoms with Crippen molar-refractivity contribution in [3.63, 3.8) is 0 Å². The zero-order valence-corrected chi connectivity index (χ0v) is 12.0. The first-order valence-electron chi connectivity index (χ1n) is 6.55. The summed E-state index contributed by atoms with van der Waals surface area (Å²) < 4.78 is 11.1. The van der Waals surface area contributed by atoms with Gasteiger partial charge in [-0.1, -0.05) is 13.0 Å². The van der Waals surface area contributed by atoms with Gasteiger partial charge in [0.15, 0.2) is 11.5 Å². The first-order valence-corrected chi connectivity index (χ1v) is 6.55. The number of nitrogens with two attached hydrogens (primary N) is 1. The highest BCUT2D eigenvalue weighted by Gasteiger charge is 2.09. The van der Waals surface area contributed by atoms with Crippen LogP contribution in [0.25, 0.3) is 0 Å². The molecule has 0 bridgehead atoms. The van der Waals surface area contributed by atoms with Gasteiger partial charge >= 0.3 is 6.01 Å². The Morgan fingerprint density at radius 3 is 2.60 bits per heavy atom. The second kappa shape index (κ2) is 6.34. The second-order valence-electron chi connectivity index (χ2n) is 4.43. The van der Waals surface area contributed by atoms with Crippen LogP contribution in [-0.2, 0) is 13.0 Å². The molecule has 5 heteroatoms. The summed E-state index contributed by atoms with van der Waals surface area (Å²) in [6.45, 7) is 4.32. The third-order valence-electron chi connectivity index (χ3n) is 2.93. The van der Waals surface area contributed by atoms with E-state index in [2.05, 4.69) is 16.9 Å². The monoisotopic (exact) mass is 273 g/mol. The Labute approximate surface area is 118 Å². The number of aromatic nitrogens is 2. The van der Waals surface area contributed by atoms with Crippen molar-refractivity contribution in [3.05, 3.63) is 41.2 Å². The van der Waals surface area contributed by atoms with Crippen LogP contribution in [0.3, 0.4) is 0 Å². The molecule has 0 radical (unpaired) electrons. The zero-order valence-electron chi connectivity index (χ0n) is 12.0. The first kappa shape index (κ1) is 14.3. The van der Waals surface area contributed by atoms with E-state index in [1.54, 1.807) is 7.11 Å². The maximum absolute atomic E-state index is 5.72. The van der Waals surface area contributed by atoms with Crippen LogP contribution in [0, 0.1) is 6.92 Å². The van der Waals surface area contributed by atoms with Gasteiger partial charge in [0, 0.05) is 12.2 Å². The molecule has 0 saturated heterocycles. The Hall–Kier alpha value is -2.14. The number of aryl methyl sites for hydroxylation is 2. The number of benzene rings is 1. The van der Waals surface area contributed by atoms with E-state index < -0.39 is 0 Å². The smallest absolute Gasteiger partial charge is 0.322 e. The zero-order chi connectivity index (χ0) is 14.5.